The number of nitrogens with zero attached hydrogens (tertiary/aromatic N) is 5. The molecule has 24 heteroatoms. The first-order valence-electron chi connectivity index (χ1n) is 15.4. The molecule has 21 nitrogen and oxygen atoms in total. The summed E-state index contributed by atoms with van der Waals surface area (Å²) in [7, 11) is 0. The van der Waals surface area contributed by atoms with Gasteiger partial charge in [0.15, 0.2) is 0 Å². The number of nitrogens with two attached hydrogens (primary N) is 1. The van der Waals surface area contributed by atoms with Gasteiger partial charge in [0.1, 0.15) is 40.8 Å². The van der Waals surface area contributed by atoms with E-state index < -0.39 is 77.8 Å². The summed E-state index contributed by atoms with van der Waals surface area (Å²) in [5.74, 6) is -5.82. The molecule has 2 fully saturated rings. The van der Waals surface area contributed by atoms with Crippen LogP contribution < -0.4 is 21.7 Å². The molecule has 7 amide bonds. The number of piperazine rings is 1. The number of carboxylic acid groups (broad SMARTS) is 2. The second-order valence-electron chi connectivity index (χ2n) is 11.3. The second kappa shape index (κ2) is 17.9. The van der Waals surface area contributed by atoms with E-state index in [-0.39, 0.29) is 77.6 Å². The zero-order valence-electron chi connectivity index (χ0n) is 27.1. The standard InChI is InChI=1S/C29H32N10O11S2.Na.H/c1-2-37-7-8-38(24(43)23(37)42)28(48)34-18(13-3-5-15(6-4-13)32-29(49)50-10-16(30)26(44)45)21(40)33-19-22(41)39-20(27(46)47)14(12-52-25(19)39)11-51-17-9-31-36-35-17;;/h3-6,9,16,18-19,25H,2,7-8,10-12,30H2,1H3,(H,32,49)(H,33,40)(H,34,48)(H,44,45)(H,46,47)(H,31,35,36);;/t16-,18-,19-,25-;;/m1../s1. The summed E-state index contributed by atoms with van der Waals surface area (Å²) < 4.78 is 4.78. The molecule has 0 unspecified atom stereocenters. The SMILES string of the molecule is CCN1CCN(C(=O)N[C@@H](C(=O)N[C@@H]2C(=O)N3C(C(=O)O)=C(CSc4cnn[nH]4)CS[C@H]23)c2ccc(NC(=O)OC[C@@H](N)C(=O)O)cc2)C(=O)C1=O.[NaH]. The van der Waals surface area contributed by atoms with E-state index >= 15 is 0 Å². The van der Waals surface area contributed by atoms with Crippen LogP contribution in [0.25, 0.3) is 0 Å². The number of thioether (sulfide) groups is 2. The number of anilines is 1. The average molecular weight is 785 g/mol. The van der Waals surface area contributed by atoms with Crippen LogP contribution in [0.5, 0.6) is 0 Å². The fourth-order valence-corrected chi connectivity index (χ4v) is 7.55. The van der Waals surface area contributed by atoms with Crippen LogP contribution in [0.3, 0.4) is 0 Å². The van der Waals surface area contributed by atoms with Gasteiger partial charge in [-0.05, 0) is 30.2 Å². The van der Waals surface area contributed by atoms with Crippen molar-refractivity contribution in [1.29, 1.82) is 0 Å². The Hall–Kier alpha value is -4.68. The van der Waals surface area contributed by atoms with E-state index in [1.54, 1.807) is 6.92 Å². The number of urea groups is 1. The van der Waals surface area contributed by atoms with Crippen molar-refractivity contribution >= 4 is 106 Å². The summed E-state index contributed by atoms with van der Waals surface area (Å²) in [6.07, 6.45) is 0.451. The molecule has 4 atom stereocenters. The van der Waals surface area contributed by atoms with Gasteiger partial charge in [-0.15, -0.1) is 28.6 Å². The van der Waals surface area contributed by atoms with Gasteiger partial charge in [0.25, 0.3) is 5.91 Å². The summed E-state index contributed by atoms with van der Waals surface area (Å²) >= 11 is 2.49. The topological polar surface area (TPSA) is 300 Å². The number of ether oxygens (including phenoxy) is 1. The summed E-state index contributed by atoms with van der Waals surface area (Å²) in [5, 5.41) is 36.0. The van der Waals surface area contributed by atoms with Gasteiger partial charge >= 0.3 is 65.4 Å². The number of aliphatic carboxylic acids is 2. The Balaban J connectivity index is 0.00000627. The number of aromatic nitrogens is 3. The van der Waals surface area contributed by atoms with Crippen LogP contribution in [0.4, 0.5) is 15.3 Å². The van der Waals surface area contributed by atoms with Crippen LogP contribution in [0.1, 0.15) is 18.5 Å². The number of hydrogen-bond acceptors (Lipinski definition) is 14. The van der Waals surface area contributed by atoms with Crippen LogP contribution in [0.15, 0.2) is 46.8 Å². The van der Waals surface area contributed by atoms with Gasteiger partial charge in [-0.2, -0.15) is 0 Å². The van der Waals surface area contributed by atoms with Gasteiger partial charge in [0.05, 0.1) is 6.20 Å². The van der Waals surface area contributed by atoms with Gasteiger partial charge in [0, 0.05) is 36.8 Å². The number of nitrogens with one attached hydrogen (secondary N) is 4. The zero-order chi connectivity index (χ0) is 37.7. The molecule has 5 rings (SSSR count). The van der Waals surface area contributed by atoms with Crippen molar-refractivity contribution in [2.45, 2.75) is 35.4 Å². The average Bonchev–Trinajstić information content (AvgIpc) is 3.65. The minimum atomic E-state index is -1.55. The Morgan fingerprint density at radius 3 is 2.45 bits per heavy atom. The van der Waals surface area contributed by atoms with Gasteiger partial charge < -0.3 is 36.2 Å². The summed E-state index contributed by atoms with van der Waals surface area (Å²) in [6.45, 7) is 1.24. The number of amides is 7. The van der Waals surface area contributed by atoms with E-state index in [2.05, 4.69) is 31.4 Å². The fourth-order valence-electron chi connectivity index (χ4n) is 5.27. The number of carbonyl (C=O) groups excluding carboxylic acids is 6. The molecule has 53 heavy (non-hydrogen) atoms. The fraction of sp³-hybridized carbons (Fsp3) is 0.379. The molecule has 8 N–H and O–H groups in total. The number of β-lactam (4-membered cyclic amide) rings is 1. The van der Waals surface area contributed by atoms with Gasteiger partial charge in [0.2, 0.25) is 5.91 Å². The maximum atomic E-state index is 13.8. The molecular formula is C29H33N10NaO11S2. The molecule has 3 aliphatic rings. The third-order valence-electron chi connectivity index (χ3n) is 8.01. The molecule has 1 aromatic heterocycles. The van der Waals surface area contributed by atoms with Crippen molar-refractivity contribution < 1.29 is 53.3 Å². The molecule has 2 saturated heterocycles. The molecule has 0 radical (unpaired) electrons. The number of carbonyl (C=O) groups is 8. The molecule has 3 aliphatic heterocycles. The molecule has 0 bridgehead atoms. The predicted octanol–water partition coefficient (Wildman–Crippen LogP) is -1.91. The van der Waals surface area contributed by atoms with Gasteiger partial charge in [-0.3, -0.25) is 44.2 Å². The van der Waals surface area contributed by atoms with E-state index in [0.717, 1.165) is 4.90 Å². The maximum absolute atomic E-state index is 13.8. The van der Waals surface area contributed by atoms with Crippen LogP contribution in [-0.4, -0.2) is 173 Å². The first kappa shape index (κ1) is 41.1. The molecular weight excluding hydrogens is 752 g/mol. The predicted molar refractivity (Wildman–Crippen MR) is 186 cm³/mol. The molecule has 0 aliphatic carbocycles. The van der Waals surface area contributed by atoms with Gasteiger partial charge in [-0.1, -0.05) is 17.3 Å². The Bertz CT molecular complexity index is 1810. The number of aromatic amines is 1. The summed E-state index contributed by atoms with van der Waals surface area (Å²) in [6, 6.07) is 0.141. The number of likely N-dealkylation sites (N-methyl/N-ethyl adjacent to an activating group) is 1. The number of hydrogen-bond donors (Lipinski definition) is 7. The minimum absolute atomic E-state index is 0. The van der Waals surface area contributed by atoms with Crippen molar-refractivity contribution in [3.05, 3.63) is 47.3 Å². The third kappa shape index (κ3) is 9.28. The number of rotatable bonds is 13. The van der Waals surface area contributed by atoms with E-state index in [4.69, 9.17) is 15.6 Å². The zero-order valence-corrected chi connectivity index (χ0v) is 28.8. The van der Waals surface area contributed by atoms with Crippen molar-refractivity contribution in [2.75, 3.05) is 43.1 Å². The van der Waals surface area contributed by atoms with E-state index in [1.165, 1.54) is 58.9 Å². The molecule has 0 saturated carbocycles. The number of carboxylic acids is 2. The number of imide groups is 1. The Morgan fingerprint density at radius 2 is 1.83 bits per heavy atom. The summed E-state index contributed by atoms with van der Waals surface area (Å²) in [5.41, 5.74) is 5.87. The van der Waals surface area contributed by atoms with Gasteiger partial charge in [-0.25, -0.2) is 14.4 Å². The van der Waals surface area contributed by atoms with Crippen LogP contribution in [-0.2, 0) is 33.5 Å². The quantitative estimate of drug-likeness (QED) is 0.0505. The Kier molecular flexibility index (Phi) is 13.9. The second-order valence-corrected chi connectivity index (χ2v) is 13.4. The normalized spacial score (nSPS) is 19.3. The Labute approximate surface area is 330 Å². The number of H-pyrrole nitrogens is 1. The van der Waals surface area contributed by atoms with Crippen LogP contribution >= 0.6 is 23.5 Å². The van der Waals surface area contributed by atoms with E-state index in [9.17, 15) is 43.5 Å². The monoisotopic (exact) mass is 784 g/mol. The molecule has 2 aromatic rings. The van der Waals surface area contributed by atoms with Crippen LogP contribution in [0, 0.1) is 0 Å². The van der Waals surface area contributed by atoms with E-state index in [0.29, 0.717) is 15.5 Å². The third-order valence-corrected chi connectivity index (χ3v) is 10.3. The van der Waals surface area contributed by atoms with Crippen molar-refractivity contribution in [3.8, 4) is 0 Å². The first-order valence-corrected chi connectivity index (χ1v) is 17.5. The van der Waals surface area contributed by atoms with Crippen molar-refractivity contribution in [2.24, 2.45) is 5.73 Å². The number of fused-ring (bicyclic) bond motifs is 1. The van der Waals surface area contributed by atoms with E-state index in [1.807, 2.05) is 0 Å². The Morgan fingerprint density at radius 1 is 1.11 bits per heavy atom. The molecule has 1 aromatic carbocycles. The molecule has 0 spiro atoms. The first-order chi connectivity index (χ1) is 24.8. The molecule has 278 valence electrons. The summed E-state index contributed by atoms with van der Waals surface area (Å²) in [4.78, 5) is 104. The van der Waals surface area contributed by atoms with Crippen LogP contribution in [0.2, 0.25) is 0 Å². The van der Waals surface area contributed by atoms with Crippen molar-refractivity contribution in [3.63, 3.8) is 0 Å². The van der Waals surface area contributed by atoms with Crippen molar-refractivity contribution in [1.82, 2.24) is 40.7 Å². The number of benzene rings is 1. The molecule has 4 heterocycles.